The van der Waals surface area contributed by atoms with E-state index < -0.39 is 5.76 Å². The predicted molar refractivity (Wildman–Crippen MR) is 122 cm³/mol. The molecular formula is C21H19ClN4O4S. The lowest BCUT2D eigenvalue weighted by Gasteiger charge is -2.11. The lowest BCUT2D eigenvalue weighted by Crippen LogP contribution is -2.16. The maximum Gasteiger partial charge on any atom is 0.439 e. The smallest absolute Gasteiger partial charge is 0.439 e. The summed E-state index contributed by atoms with van der Waals surface area (Å²) in [6, 6.07) is 12.4. The number of anilines is 1. The third kappa shape index (κ3) is 4.33. The molecule has 2 N–H and O–H groups in total. The van der Waals surface area contributed by atoms with Gasteiger partial charge in [0.1, 0.15) is 11.4 Å². The summed E-state index contributed by atoms with van der Waals surface area (Å²) < 4.78 is 12.3. The molecule has 0 bridgehead atoms. The van der Waals surface area contributed by atoms with Gasteiger partial charge in [0, 0.05) is 28.8 Å². The molecule has 4 aromatic rings. The molecule has 4 rings (SSSR count). The average molecular weight is 459 g/mol. The number of rotatable bonds is 7. The van der Waals surface area contributed by atoms with Crippen LogP contribution in [0.4, 0.5) is 5.69 Å². The Hall–Kier alpha value is -3.17. The number of aromatic nitrogens is 3. The Kier molecular flexibility index (Phi) is 6.06. The number of carbonyl (C=O) groups excluding carboxylic acids is 1. The van der Waals surface area contributed by atoms with Crippen molar-refractivity contribution in [3.8, 4) is 17.1 Å². The van der Waals surface area contributed by atoms with Crippen LogP contribution in [0.25, 0.3) is 22.3 Å². The monoisotopic (exact) mass is 458 g/mol. The molecule has 10 heteroatoms. The summed E-state index contributed by atoms with van der Waals surface area (Å²) in [5, 5.41) is 7.88. The Morgan fingerprint density at radius 1 is 1.32 bits per heavy atom. The zero-order chi connectivity index (χ0) is 22.0. The highest BCUT2D eigenvalue weighted by molar-refractivity contribution is 7.98. The Morgan fingerprint density at radius 3 is 2.90 bits per heavy atom. The molecule has 31 heavy (non-hydrogen) atoms. The summed E-state index contributed by atoms with van der Waals surface area (Å²) >= 11 is 7.80. The number of amides is 1. The molecular weight excluding hydrogens is 440 g/mol. The topological polar surface area (TPSA) is 102 Å². The number of nitrogens with zero attached hydrogens (tertiary/aromatic N) is 2. The van der Waals surface area contributed by atoms with E-state index in [-0.39, 0.29) is 11.7 Å². The van der Waals surface area contributed by atoms with Crippen molar-refractivity contribution >= 4 is 45.9 Å². The zero-order valence-electron chi connectivity index (χ0n) is 16.8. The summed E-state index contributed by atoms with van der Waals surface area (Å²) in [6.45, 7) is 0.580. The summed E-state index contributed by atoms with van der Waals surface area (Å²) in [5.41, 5.74) is 2.16. The van der Waals surface area contributed by atoms with Crippen molar-refractivity contribution in [1.29, 1.82) is 0 Å². The number of ether oxygens (including phenoxy) is 1. The quantitative estimate of drug-likeness (QED) is 0.403. The molecule has 0 aliphatic heterocycles. The van der Waals surface area contributed by atoms with Gasteiger partial charge in [-0.3, -0.25) is 14.3 Å². The third-order valence-corrected chi connectivity index (χ3v) is 5.53. The van der Waals surface area contributed by atoms with Crippen LogP contribution < -0.4 is 15.8 Å². The molecule has 0 spiro atoms. The fourth-order valence-corrected chi connectivity index (χ4v) is 3.72. The summed E-state index contributed by atoms with van der Waals surface area (Å²) in [6.07, 6.45) is 2.02. The van der Waals surface area contributed by atoms with E-state index in [0.717, 1.165) is 22.4 Å². The van der Waals surface area contributed by atoms with Crippen LogP contribution in [-0.2, 0) is 7.05 Å². The van der Waals surface area contributed by atoms with Crippen LogP contribution in [0.1, 0.15) is 10.5 Å². The largest absolute Gasteiger partial charge is 0.491 e. The number of thioether (sulfide) groups is 1. The van der Waals surface area contributed by atoms with Crippen LogP contribution in [-0.4, -0.2) is 39.2 Å². The highest BCUT2D eigenvalue weighted by Crippen LogP contribution is 2.31. The molecule has 0 saturated heterocycles. The zero-order valence-corrected chi connectivity index (χ0v) is 18.3. The molecule has 2 heterocycles. The van der Waals surface area contributed by atoms with Crippen LogP contribution in [0.2, 0.25) is 5.02 Å². The Bertz CT molecular complexity index is 1310. The number of aryl methyl sites for hydroxylation is 1. The van der Waals surface area contributed by atoms with Crippen LogP contribution in [0.15, 0.2) is 51.8 Å². The first kappa shape index (κ1) is 21.1. The highest BCUT2D eigenvalue weighted by atomic mass is 35.5. The average Bonchev–Trinajstić information content (AvgIpc) is 3.33. The molecule has 0 unspecified atom stereocenters. The van der Waals surface area contributed by atoms with Gasteiger partial charge in [-0.1, -0.05) is 28.9 Å². The maximum atomic E-state index is 13.1. The predicted octanol–water partition coefficient (Wildman–Crippen LogP) is 4.17. The number of halogens is 1. The number of hydrogen-bond acceptors (Lipinski definition) is 6. The van der Waals surface area contributed by atoms with E-state index in [1.165, 1.54) is 0 Å². The van der Waals surface area contributed by atoms with Crippen molar-refractivity contribution in [3.05, 3.63) is 63.7 Å². The maximum absolute atomic E-state index is 13.1. The molecule has 8 nitrogen and oxygen atoms in total. The molecule has 0 aliphatic carbocycles. The van der Waals surface area contributed by atoms with E-state index >= 15 is 0 Å². The number of H-pyrrole nitrogens is 1. The highest BCUT2D eigenvalue weighted by Gasteiger charge is 2.19. The number of para-hydroxylation sites is 1. The van der Waals surface area contributed by atoms with Crippen molar-refractivity contribution in [3.63, 3.8) is 0 Å². The third-order valence-electron chi connectivity index (χ3n) is 4.72. The molecule has 1 amide bonds. The van der Waals surface area contributed by atoms with Crippen LogP contribution >= 0.6 is 23.4 Å². The summed E-state index contributed by atoms with van der Waals surface area (Å²) in [4.78, 5) is 26.9. The number of aromatic amines is 1. The molecule has 0 radical (unpaired) electrons. The molecule has 0 aliphatic rings. The molecule has 2 aromatic carbocycles. The van der Waals surface area contributed by atoms with Crippen molar-refractivity contribution < 1.29 is 14.1 Å². The second kappa shape index (κ2) is 8.91. The minimum absolute atomic E-state index is 0.171. The van der Waals surface area contributed by atoms with Gasteiger partial charge in [0.15, 0.2) is 5.82 Å². The second-order valence-corrected chi connectivity index (χ2v) is 8.13. The Balaban J connectivity index is 1.68. The van der Waals surface area contributed by atoms with Gasteiger partial charge in [-0.05, 0) is 36.6 Å². The van der Waals surface area contributed by atoms with Crippen molar-refractivity contribution in [2.75, 3.05) is 23.9 Å². The standard InChI is InChI=1S/C21H19ClN4O4S/c1-26-16(10-12-4-3-5-17(18(12)26)29-8-9-31-2)20(27)23-15-7-6-13(22)11-14(15)19-24-21(28)30-25-19/h3-7,10-11H,8-9H2,1-2H3,(H,23,27)(H,24,25,28). The number of fused-ring (bicyclic) bond motifs is 1. The summed E-state index contributed by atoms with van der Waals surface area (Å²) in [7, 11) is 1.82. The molecule has 2 aromatic heterocycles. The SMILES string of the molecule is CSCCOc1cccc2cc(C(=O)Nc3ccc(Cl)cc3-c3noc(=O)[nH]3)n(C)c12. The number of carbonyl (C=O) groups is 1. The lowest BCUT2D eigenvalue weighted by molar-refractivity contribution is 0.102. The van der Waals surface area contributed by atoms with Crippen molar-refractivity contribution in [2.24, 2.45) is 7.05 Å². The van der Waals surface area contributed by atoms with E-state index in [1.54, 1.807) is 40.6 Å². The minimum atomic E-state index is -0.699. The first-order valence-electron chi connectivity index (χ1n) is 9.35. The van der Waals surface area contributed by atoms with Gasteiger partial charge in [0.05, 0.1) is 17.8 Å². The van der Waals surface area contributed by atoms with Gasteiger partial charge < -0.3 is 14.6 Å². The summed E-state index contributed by atoms with van der Waals surface area (Å²) in [5.74, 6) is 0.736. The minimum Gasteiger partial charge on any atom is -0.491 e. The Labute approximate surface area is 186 Å². The first-order chi connectivity index (χ1) is 15.0. The van der Waals surface area contributed by atoms with E-state index in [2.05, 4.69) is 20.0 Å². The number of hydrogen-bond donors (Lipinski definition) is 2. The fraction of sp³-hybridized carbons (Fsp3) is 0.190. The van der Waals surface area contributed by atoms with Gasteiger partial charge in [0.2, 0.25) is 0 Å². The van der Waals surface area contributed by atoms with Crippen LogP contribution in [0.5, 0.6) is 5.75 Å². The van der Waals surface area contributed by atoms with Crippen LogP contribution in [0, 0.1) is 0 Å². The van der Waals surface area contributed by atoms with E-state index in [9.17, 15) is 9.59 Å². The molecule has 0 saturated carbocycles. The molecule has 0 fully saturated rings. The van der Waals surface area contributed by atoms with Crippen molar-refractivity contribution in [1.82, 2.24) is 14.7 Å². The van der Waals surface area contributed by atoms with Gasteiger partial charge >= 0.3 is 5.76 Å². The first-order valence-corrected chi connectivity index (χ1v) is 11.1. The van der Waals surface area contributed by atoms with Crippen LogP contribution in [0.3, 0.4) is 0 Å². The van der Waals surface area contributed by atoms with Gasteiger partial charge in [-0.25, -0.2) is 4.79 Å². The number of benzene rings is 2. The van der Waals surface area contributed by atoms with E-state index in [1.807, 2.05) is 31.5 Å². The van der Waals surface area contributed by atoms with Gasteiger partial charge in [-0.2, -0.15) is 11.8 Å². The van der Waals surface area contributed by atoms with E-state index in [0.29, 0.717) is 28.6 Å². The lowest BCUT2D eigenvalue weighted by atomic mass is 10.1. The van der Waals surface area contributed by atoms with Gasteiger partial charge in [0.25, 0.3) is 5.91 Å². The number of nitrogens with one attached hydrogen (secondary N) is 2. The second-order valence-electron chi connectivity index (χ2n) is 6.71. The van der Waals surface area contributed by atoms with Gasteiger partial charge in [-0.15, -0.1) is 0 Å². The normalized spacial score (nSPS) is 11.1. The fourth-order valence-electron chi connectivity index (χ4n) is 3.30. The molecule has 160 valence electrons. The Morgan fingerprint density at radius 2 is 2.16 bits per heavy atom. The molecule has 0 atom stereocenters. The van der Waals surface area contributed by atoms with E-state index in [4.69, 9.17) is 16.3 Å². The van der Waals surface area contributed by atoms with Crippen molar-refractivity contribution in [2.45, 2.75) is 0 Å².